The summed E-state index contributed by atoms with van der Waals surface area (Å²) in [6, 6.07) is 5.68. The summed E-state index contributed by atoms with van der Waals surface area (Å²) >= 11 is 0. The molecule has 24 heavy (non-hydrogen) atoms. The van der Waals surface area contributed by atoms with Gasteiger partial charge in [0.1, 0.15) is 11.9 Å². The number of para-hydroxylation sites is 1. The van der Waals surface area contributed by atoms with Gasteiger partial charge in [-0.15, -0.1) is 0 Å². The zero-order valence-electron chi connectivity index (χ0n) is 13.6. The number of hydrogen-bond donors (Lipinski definition) is 3. The number of hydrogen-bond acceptors (Lipinski definition) is 4. The van der Waals surface area contributed by atoms with Crippen LogP contribution in [0.3, 0.4) is 0 Å². The Labute approximate surface area is 139 Å². The highest BCUT2D eigenvalue weighted by molar-refractivity contribution is 6.01. The van der Waals surface area contributed by atoms with Crippen LogP contribution >= 0.6 is 0 Å². The van der Waals surface area contributed by atoms with E-state index in [1.807, 2.05) is 25.1 Å². The lowest BCUT2D eigenvalue weighted by Crippen LogP contribution is -2.50. The van der Waals surface area contributed by atoms with Gasteiger partial charge in [-0.1, -0.05) is 12.1 Å². The second kappa shape index (κ2) is 5.78. The lowest BCUT2D eigenvalue weighted by atomic mass is 9.87. The number of aromatic nitrogens is 2. The van der Waals surface area contributed by atoms with E-state index in [0.29, 0.717) is 12.8 Å². The van der Waals surface area contributed by atoms with Gasteiger partial charge >= 0.3 is 0 Å². The third kappa shape index (κ3) is 2.58. The maximum Gasteiger partial charge on any atom is 0.249 e. The van der Waals surface area contributed by atoms with E-state index in [-0.39, 0.29) is 17.9 Å². The van der Waals surface area contributed by atoms with Crippen LogP contribution in [-0.4, -0.2) is 27.8 Å². The van der Waals surface area contributed by atoms with Crippen molar-refractivity contribution in [1.29, 1.82) is 0 Å². The summed E-state index contributed by atoms with van der Waals surface area (Å²) in [4.78, 5) is 31.4. The van der Waals surface area contributed by atoms with Crippen molar-refractivity contribution in [2.45, 2.75) is 45.1 Å². The summed E-state index contributed by atoms with van der Waals surface area (Å²) in [5.74, 6) is 0.436. The fraction of sp³-hybridized carbons (Fsp3) is 0.389. The van der Waals surface area contributed by atoms with E-state index in [0.717, 1.165) is 41.0 Å². The number of allylic oxidation sites excluding steroid dienone is 1. The maximum atomic E-state index is 12.1. The van der Waals surface area contributed by atoms with Crippen LogP contribution in [0.2, 0.25) is 0 Å². The summed E-state index contributed by atoms with van der Waals surface area (Å²) < 4.78 is 0. The molecule has 1 atom stereocenters. The van der Waals surface area contributed by atoms with Gasteiger partial charge in [-0.05, 0) is 44.2 Å². The molecule has 6 heteroatoms. The highest BCUT2D eigenvalue weighted by Crippen LogP contribution is 2.35. The summed E-state index contributed by atoms with van der Waals surface area (Å²) in [6.07, 6.45) is 4.14. The fourth-order valence-electron chi connectivity index (χ4n) is 3.34. The molecule has 2 fully saturated rings. The zero-order valence-corrected chi connectivity index (χ0v) is 13.6. The number of carbonyl (C=O) groups excluding carboxylic acids is 2. The smallest absolute Gasteiger partial charge is 0.249 e. The van der Waals surface area contributed by atoms with Crippen molar-refractivity contribution in [2.24, 2.45) is 0 Å². The third-order valence-corrected chi connectivity index (χ3v) is 4.77. The van der Waals surface area contributed by atoms with Crippen molar-refractivity contribution < 1.29 is 9.59 Å². The van der Waals surface area contributed by atoms with Crippen LogP contribution in [0.4, 0.5) is 0 Å². The molecule has 1 aromatic carbocycles. The molecule has 3 N–H and O–H groups in total. The molecular weight excluding hydrogens is 304 g/mol. The lowest BCUT2D eigenvalue weighted by molar-refractivity contribution is -0.134. The number of H-pyrrole nitrogens is 1. The molecule has 124 valence electrons. The van der Waals surface area contributed by atoms with E-state index in [4.69, 9.17) is 0 Å². The van der Waals surface area contributed by atoms with Crippen molar-refractivity contribution in [3.63, 3.8) is 0 Å². The summed E-state index contributed by atoms with van der Waals surface area (Å²) in [6.45, 7) is 1.94. The Kier molecular flexibility index (Phi) is 3.59. The van der Waals surface area contributed by atoms with Gasteiger partial charge in [-0.2, -0.15) is 0 Å². The molecule has 1 aliphatic carbocycles. The van der Waals surface area contributed by atoms with E-state index >= 15 is 0 Å². The molecular formula is C18H20N4O2. The number of aryl methyl sites for hydroxylation is 1. The number of piperidine rings is 1. The van der Waals surface area contributed by atoms with E-state index < -0.39 is 0 Å². The number of imide groups is 1. The van der Waals surface area contributed by atoms with E-state index in [2.05, 4.69) is 20.6 Å². The number of benzene rings is 1. The van der Waals surface area contributed by atoms with Crippen LogP contribution in [-0.2, 0) is 9.59 Å². The zero-order chi connectivity index (χ0) is 16.7. The summed E-state index contributed by atoms with van der Waals surface area (Å²) in [5, 5.41) is 5.83. The fourth-order valence-corrected chi connectivity index (χ4v) is 3.34. The van der Waals surface area contributed by atoms with Gasteiger partial charge in [0.2, 0.25) is 11.8 Å². The Bertz CT molecular complexity index is 859. The van der Waals surface area contributed by atoms with Crippen LogP contribution < -0.4 is 10.6 Å². The summed E-state index contributed by atoms with van der Waals surface area (Å²) in [7, 11) is 0. The SMILES string of the molecule is Cc1nc2c(C(NC3CCC(=O)NC3=O)=C3CCC3)cccc2[nH]1. The molecule has 2 amide bonds. The van der Waals surface area contributed by atoms with Crippen molar-refractivity contribution in [2.75, 3.05) is 0 Å². The second-order valence-electron chi connectivity index (χ2n) is 6.50. The van der Waals surface area contributed by atoms with Gasteiger partial charge in [0.25, 0.3) is 0 Å². The van der Waals surface area contributed by atoms with E-state index in [1.165, 1.54) is 12.0 Å². The number of nitrogens with zero attached hydrogens (tertiary/aromatic N) is 1. The molecule has 2 aliphatic rings. The van der Waals surface area contributed by atoms with Gasteiger partial charge in [-0.3, -0.25) is 14.9 Å². The number of aromatic amines is 1. The van der Waals surface area contributed by atoms with Gasteiger partial charge in [0.05, 0.1) is 11.0 Å². The highest BCUT2D eigenvalue weighted by Gasteiger charge is 2.29. The second-order valence-corrected chi connectivity index (χ2v) is 6.50. The predicted molar refractivity (Wildman–Crippen MR) is 90.9 cm³/mol. The van der Waals surface area contributed by atoms with Gasteiger partial charge < -0.3 is 10.3 Å². The van der Waals surface area contributed by atoms with Crippen LogP contribution in [0.15, 0.2) is 23.8 Å². The molecule has 1 unspecified atom stereocenters. The Hall–Kier alpha value is -2.63. The minimum Gasteiger partial charge on any atom is -0.373 e. The Morgan fingerprint density at radius 2 is 2.08 bits per heavy atom. The molecule has 0 radical (unpaired) electrons. The van der Waals surface area contributed by atoms with Crippen molar-refractivity contribution in [3.05, 3.63) is 35.2 Å². The first-order chi connectivity index (χ1) is 11.6. The average Bonchev–Trinajstić information content (AvgIpc) is 2.87. The Morgan fingerprint density at radius 1 is 1.25 bits per heavy atom. The van der Waals surface area contributed by atoms with Gasteiger partial charge in [-0.25, -0.2) is 4.98 Å². The Morgan fingerprint density at radius 3 is 2.79 bits per heavy atom. The summed E-state index contributed by atoms with van der Waals surface area (Å²) in [5.41, 5.74) is 5.27. The third-order valence-electron chi connectivity index (χ3n) is 4.77. The van der Waals surface area contributed by atoms with E-state index in [1.54, 1.807) is 0 Å². The Balaban J connectivity index is 1.73. The molecule has 1 aromatic heterocycles. The number of imidazole rings is 1. The van der Waals surface area contributed by atoms with Crippen molar-refractivity contribution in [1.82, 2.24) is 20.6 Å². The van der Waals surface area contributed by atoms with E-state index in [9.17, 15) is 9.59 Å². The molecule has 1 aliphatic heterocycles. The van der Waals surface area contributed by atoms with Crippen LogP contribution in [0, 0.1) is 6.92 Å². The average molecular weight is 324 g/mol. The van der Waals surface area contributed by atoms with Crippen LogP contribution in [0.1, 0.15) is 43.5 Å². The first-order valence-corrected chi connectivity index (χ1v) is 8.40. The van der Waals surface area contributed by atoms with Crippen LogP contribution in [0.25, 0.3) is 16.7 Å². The molecule has 4 rings (SSSR count). The molecule has 0 spiro atoms. The van der Waals surface area contributed by atoms with Crippen LogP contribution in [0.5, 0.6) is 0 Å². The number of nitrogens with one attached hydrogen (secondary N) is 3. The largest absolute Gasteiger partial charge is 0.373 e. The molecule has 0 bridgehead atoms. The number of carbonyl (C=O) groups is 2. The molecule has 2 aromatic rings. The van der Waals surface area contributed by atoms with Gasteiger partial charge in [0, 0.05) is 17.7 Å². The minimum atomic E-state index is -0.374. The quantitative estimate of drug-likeness (QED) is 0.755. The van der Waals surface area contributed by atoms with Crippen molar-refractivity contribution in [3.8, 4) is 0 Å². The standard InChI is InChI=1S/C18H20N4O2/c1-10-19-13-7-3-6-12(17(13)20-10)16(11-4-2-5-11)21-14-8-9-15(23)22-18(14)24/h3,6-7,14,21H,2,4-5,8-9H2,1H3,(H,19,20)(H,22,23,24). The molecule has 6 nitrogen and oxygen atoms in total. The first-order valence-electron chi connectivity index (χ1n) is 8.40. The predicted octanol–water partition coefficient (Wildman–Crippen LogP) is 2.16. The maximum absolute atomic E-state index is 12.1. The lowest BCUT2D eigenvalue weighted by Gasteiger charge is -2.29. The number of amides is 2. The normalized spacial score (nSPS) is 20.7. The minimum absolute atomic E-state index is 0.194. The topological polar surface area (TPSA) is 86.9 Å². The molecule has 1 saturated carbocycles. The molecule has 1 saturated heterocycles. The first kappa shape index (κ1) is 14.9. The van der Waals surface area contributed by atoms with Crippen molar-refractivity contribution >= 4 is 28.5 Å². The number of rotatable bonds is 3. The van der Waals surface area contributed by atoms with Gasteiger partial charge in [0.15, 0.2) is 0 Å². The highest BCUT2D eigenvalue weighted by atomic mass is 16.2. The molecule has 2 heterocycles. The monoisotopic (exact) mass is 324 g/mol. The number of fused-ring (bicyclic) bond motifs is 1.